The molecule has 1 saturated heterocycles. The molecule has 1 aliphatic rings. The summed E-state index contributed by atoms with van der Waals surface area (Å²) in [6.07, 6.45) is 4.00. The number of guanidine groups is 1. The molecule has 0 spiro atoms. The highest BCUT2D eigenvalue weighted by atomic mass is 16.3. The molecule has 7 heteroatoms. The molecule has 3 aromatic rings. The topological polar surface area (TPSA) is 74.2 Å². The fourth-order valence-corrected chi connectivity index (χ4v) is 3.45. The molecule has 0 bridgehead atoms. The molecule has 1 amide bonds. The minimum atomic E-state index is -0.0618. The molecular weight excluding hydrogens is 380 g/mol. The summed E-state index contributed by atoms with van der Waals surface area (Å²) in [5.74, 6) is 2.13. The number of amides is 1. The maximum absolute atomic E-state index is 12.5. The number of nitrogens with zero attached hydrogens (tertiary/aromatic N) is 3. The number of carbonyl (C=O) groups excluding carboxylic acids is 1. The number of hydrogen-bond acceptors (Lipinski definition) is 4. The van der Waals surface area contributed by atoms with E-state index in [2.05, 4.69) is 22.3 Å². The van der Waals surface area contributed by atoms with E-state index < -0.39 is 0 Å². The Morgan fingerprint density at radius 1 is 0.900 bits per heavy atom. The van der Waals surface area contributed by atoms with Crippen LogP contribution in [-0.2, 0) is 13.0 Å². The van der Waals surface area contributed by atoms with Crippen molar-refractivity contribution in [1.29, 1.82) is 0 Å². The first-order chi connectivity index (χ1) is 14.8. The van der Waals surface area contributed by atoms with E-state index in [1.807, 2.05) is 35.2 Å². The highest BCUT2D eigenvalue weighted by molar-refractivity contribution is 5.91. The van der Waals surface area contributed by atoms with Crippen molar-refractivity contribution in [3.8, 4) is 0 Å². The van der Waals surface area contributed by atoms with Crippen LogP contribution in [0.25, 0.3) is 0 Å². The van der Waals surface area contributed by atoms with Gasteiger partial charge < -0.3 is 24.0 Å². The fourth-order valence-electron chi connectivity index (χ4n) is 3.45. The third kappa shape index (κ3) is 5.11. The molecule has 3 heterocycles. The number of rotatable bonds is 6. The first-order valence-corrected chi connectivity index (χ1v) is 10.2. The Labute approximate surface area is 176 Å². The van der Waals surface area contributed by atoms with E-state index in [4.69, 9.17) is 13.8 Å². The van der Waals surface area contributed by atoms with Crippen molar-refractivity contribution >= 4 is 11.9 Å². The highest BCUT2D eigenvalue weighted by Crippen LogP contribution is 2.10. The minimum absolute atomic E-state index is 0.0618. The van der Waals surface area contributed by atoms with Gasteiger partial charge in [-0.2, -0.15) is 0 Å². The molecule has 0 unspecified atom stereocenters. The highest BCUT2D eigenvalue weighted by Gasteiger charge is 2.25. The van der Waals surface area contributed by atoms with E-state index >= 15 is 0 Å². The first-order valence-electron chi connectivity index (χ1n) is 10.2. The Morgan fingerprint density at radius 2 is 1.63 bits per heavy atom. The van der Waals surface area contributed by atoms with E-state index in [9.17, 15) is 4.79 Å². The molecule has 30 heavy (non-hydrogen) atoms. The van der Waals surface area contributed by atoms with Gasteiger partial charge in [-0.25, -0.2) is 4.99 Å². The lowest BCUT2D eigenvalue weighted by Gasteiger charge is -2.36. The van der Waals surface area contributed by atoms with Gasteiger partial charge in [0.2, 0.25) is 0 Å². The summed E-state index contributed by atoms with van der Waals surface area (Å²) < 4.78 is 10.7. The van der Waals surface area contributed by atoms with E-state index in [1.165, 1.54) is 6.26 Å². The summed E-state index contributed by atoms with van der Waals surface area (Å²) in [6.45, 7) is 4.03. The molecule has 1 N–H and O–H groups in total. The number of benzene rings is 1. The number of aliphatic imine (C=N–C) groups is 1. The number of nitrogens with one attached hydrogen (secondary N) is 1. The summed E-state index contributed by atoms with van der Waals surface area (Å²) >= 11 is 0. The molecule has 0 saturated carbocycles. The van der Waals surface area contributed by atoms with Crippen LogP contribution in [0.15, 0.2) is 81.0 Å². The van der Waals surface area contributed by atoms with Crippen molar-refractivity contribution in [3.63, 3.8) is 0 Å². The second-order valence-electron chi connectivity index (χ2n) is 7.14. The van der Waals surface area contributed by atoms with Crippen LogP contribution in [0.2, 0.25) is 0 Å². The Kier molecular flexibility index (Phi) is 6.49. The van der Waals surface area contributed by atoms with Gasteiger partial charge in [-0.1, -0.05) is 30.3 Å². The van der Waals surface area contributed by atoms with Crippen molar-refractivity contribution in [1.82, 2.24) is 15.1 Å². The Bertz CT molecular complexity index is 928. The zero-order valence-electron chi connectivity index (χ0n) is 16.9. The van der Waals surface area contributed by atoms with Gasteiger partial charge in [0.15, 0.2) is 11.7 Å². The molecular formula is C23H26N4O3. The van der Waals surface area contributed by atoms with Crippen LogP contribution in [0.5, 0.6) is 0 Å². The van der Waals surface area contributed by atoms with Gasteiger partial charge in [0.1, 0.15) is 5.76 Å². The minimum Gasteiger partial charge on any atom is -0.469 e. The molecule has 0 radical (unpaired) electrons. The normalized spacial score (nSPS) is 14.7. The molecule has 4 rings (SSSR count). The Balaban J connectivity index is 1.37. The number of hydrogen-bond donors (Lipinski definition) is 1. The summed E-state index contributed by atoms with van der Waals surface area (Å²) in [6, 6.07) is 17.5. The van der Waals surface area contributed by atoms with Crippen LogP contribution in [0, 0.1) is 0 Å². The van der Waals surface area contributed by atoms with Gasteiger partial charge in [-0.05, 0) is 29.8 Å². The molecule has 0 atom stereocenters. The average Bonchev–Trinajstić information content (AvgIpc) is 3.51. The molecule has 7 nitrogen and oxygen atoms in total. The summed E-state index contributed by atoms with van der Waals surface area (Å²) in [4.78, 5) is 21.4. The van der Waals surface area contributed by atoms with Crippen molar-refractivity contribution in [3.05, 3.63) is 84.2 Å². The van der Waals surface area contributed by atoms with Crippen LogP contribution in [0.1, 0.15) is 21.9 Å². The monoisotopic (exact) mass is 406 g/mol. The van der Waals surface area contributed by atoms with Crippen molar-refractivity contribution in [2.45, 2.75) is 13.0 Å². The van der Waals surface area contributed by atoms with Crippen molar-refractivity contribution < 1.29 is 13.6 Å². The number of furan rings is 2. The maximum Gasteiger partial charge on any atom is 0.289 e. The molecule has 1 aromatic carbocycles. The standard InChI is InChI=1S/C23H26N4O3/c28-22(21-9-5-17-30-21)26-12-14-27(15-13-26)23(24-11-10-20-8-4-16-29-20)25-18-19-6-2-1-3-7-19/h1-9,16-17H,10-15,18H2,(H,24,25). The van der Waals surface area contributed by atoms with Crippen molar-refractivity contribution in [2.75, 3.05) is 32.7 Å². The zero-order valence-corrected chi connectivity index (χ0v) is 16.9. The predicted molar refractivity (Wildman–Crippen MR) is 114 cm³/mol. The Hall–Kier alpha value is -3.48. The van der Waals surface area contributed by atoms with Gasteiger partial charge in [0, 0.05) is 39.1 Å². The van der Waals surface area contributed by atoms with Crippen LogP contribution in [-0.4, -0.2) is 54.4 Å². The van der Waals surface area contributed by atoms with E-state index in [-0.39, 0.29) is 5.91 Å². The lowest BCUT2D eigenvalue weighted by Crippen LogP contribution is -2.54. The number of carbonyl (C=O) groups is 1. The van der Waals surface area contributed by atoms with Crippen LogP contribution in [0.4, 0.5) is 0 Å². The first kappa shape index (κ1) is 19.8. The summed E-state index contributed by atoms with van der Waals surface area (Å²) in [7, 11) is 0. The molecule has 0 aliphatic carbocycles. The van der Waals surface area contributed by atoms with E-state index in [1.54, 1.807) is 18.4 Å². The van der Waals surface area contributed by atoms with E-state index in [0.29, 0.717) is 38.5 Å². The lowest BCUT2D eigenvalue weighted by atomic mass is 10.2. The largest absolute Gasteiger partial charge is 0.469 e. The van der Waals surface area contributed by atoms with Gasteiger partial charge in [-0.15, -0.1) is 0 Å². The summed E-state index contributed by atoms with van der Waals surface area (Å²) in [5, 5.41) is 3.46. The van der Waals surface area contributed by atoms with E-state index in [0.717, 1.165) is 30.2 Å². The molecule has 156 valence electrons. The van der Waals surface area contributed by atoms with Crippen LogP contribution < -0.4 is 5.32 Å². The lowest BCUT2D eigenvalue weighted by molar-refractivity contribution is 0.0657. The average molecular weight is 406 g/mol. The van der Waals surface area contributed by atoms with Crippen molar-refractivity contribution in [2.24, 2.45) is 4.99 Å². The third-order valence-corrected chi connectivity index (χ3v) is 5.09. The molecule has 2 aromatic heterocycles. The van der Waals surface area contributed by atoms with Crippen LogP contribution >= 0.6 is 0 Å². The summed E-state index contributed by atoms with van der Waals surface area (Å²) in [5.41, 5.74) is 1.16. The second kappa shape index (κ2) is 9.82. The van der Waals surface area contributed by atoms with Gasteiger partial charge in [-0.3, -0.25) is 4.79 Å². The third-order valence-electron chi connectivity index (χ3n) is 5.09. The van der Waals surface area contributed by atoms with Gasteiger partial charge in [0.05, 0.1) is 19.1 Å². The van der Waals surface area contributed by atoms with Crippen LogP contribution in [0.3, 0.4) is 0 Å². The SMILES string of the molecule is O=C(c1ccco1)N1CCN(C(=NCc2ccccc2)NCCc2ccco2)CC1. The smallest absolute Gasteiger partial charge is 0.289 e. The number of piperazine rings is 1. The molecule has 1 aliphatic heterocycles. The zero-order chi connectivity index (χ0) is 20.6. The quantitative estimate of drug-likeness (QED) is 0.503. The fraction of sp³-hybridized carbons (Fsp3) is 0.304. The van der Waals surface area contributed by atoms with Gasteiger partial charge in [0.25, 0.3) is 5.91 Å². The Morgan fingerprint density at radius 3 is 2.33 bits per heavy atom. The maximum atomic E-state index is 12.5. The second-order valence-corrected chi connectivity index (χ2v) is 7.14. The van der Waals surface area contributed by atoms with Gasteiger partial charge >= 0.3 is 0 Å². The molecule has 1 fully saturated rings. The predicted octanol–water partition coefficient (Wildman–Crippen LogP) is 3.02.